The maximum absolute atomic E-state index is 11.1. The molecule has 2 fully saturated rings. The summed E-state index contributed by atoms with van der Waals surface area (Å²) >= 11 is 1.85. The van der Waals surface area contributed by atoms with Crippen LogP contribution in [0.1, 0.15) is 6.92 Å². The highest BCUT2D eigenvalue weighted by atomic mass is 32.2. The molecule has 0 spiro atoms. The van der Waals surface area contributed by atoms with E-state index in [0.29, 0.717) is 6.61 Å². The number of thioether (sulfide) groups is 1. The summed E-state index contributed by atoms with van der Waals surface area (Å²) in [7, 11) is 0. The van der Waals surface area contributed by atoms with E-state index < -0.39 is 0 Å². The molecule has 0 unspecified atom stereocenters. The molecule has 2 rings (SSSR count). The Morgan fingerprint density at radius 1 is 1.73 bits per heavy atom. The largest absolute Gasteiger partial charge is 0.272 e. The summed E-state index contributed by atoms with van der Waals surface area (Å²) in [5.41, 5.74) is -0.0330. The van der Waals surface area contributed by atoms with Gasteiger partial charge in [-0.1, -0.05) is 0 Å². The maximum Gasteiger partial charge on any atom is 0.253 e. The molecule has 4 heteroatoms. The van der Waals surface area contributed by atoms with Gasteiger partial charge in [0.25, 0.3) is 5.91 Å². The van der Waals surface area contributed by atoms with Crippen molar-refractivity contribution in [2.24, 2.45) is 0 Å². The Labute approximate surface area is 70.0 Å². The number of carbonyl (C=O) groups excluding carboxylic acids is 1. The van der Waals surface area contributed by atoms with Gasteiger partial charge < -0.3 is 0 Å². The summed E-state index contributed by atoms with van der Waals surface area (Å²) in [5, 5.41) is 1.52. The zero-order chi connectivity index (χ0) is 7.90. The number of rotatable bonds is 1. The van der Waals surface area contributed by atoms with E-state index in [-0.39, 0.29) is 11.4 Å². The van der Waals surface area contributed by atoms with Gasteiger partial charge in [-0.05, 0) is 6.92 Å². The fourth-order valence-corrected chi connectivity index (χ4v) is 2.30. The average Bonchev–Trinajstić information content (AvgIpc) is 2.30. The van der Waals surface area contributed by atoms with Crippen LogP contribution < -0.4 is 0 Å². The molecule has 0 N–H and O–H groups in total. The molecule has 0 aliphatic carbocycles. The standard InChI is InChI=1S/C7H10NO2S/c1-7(4-11-5-7)8-6(9)2-3-10-8/h2H,3-5H2,1H3. The first kappa shape index (κ1) is 7.43. The van der Waals surface area contributed by atoms with Gasteiger partial charge in [0, 0.05) is 11.5 Å². The van der Waals surface area contributed by atoms with Crippen LogP contribution in [0.5, 0.6) is 0 Å². The molecular weight excluding hydrogens is 162 g/mol. The molecule has 2 aliphatic rings. The second-order valence-electron chi connectivity index (χ2n) is 3.12. The molecule has 2 saturated heterocycles. The highest BCUT2D eigenvalue weighted by molar-refractivity contribution is 8.00. The van der Waals surface area contributed by atoms with Crippen molar-refractivity contribution in [3.63, 3.8) is 0 Å². The number of hydroxylamine groups is 2. The molecule has 3 nitrogen and oxygen atoms in total. The molecule has 61 valence electrons. The van der Waals surface area contributed by atoms with E-state index in [1.165, 1.54) is 5.06 Å². The molecular formula is C7H10NO2S. The predicted octanol–water partition coefficient (Wildman–Crippen LogP) is 0.470. The van der Waals surface area contributed by atoms with Crippen LogP contribution in [0.3, 0.4) is 0 Å². The van der Waals surface area contributed by atoms with Crippen LogP contribution in [-0.2, 0) is 9.63 Å². The third-order valence-corrected chi connectivity index (χ3v) is 3.63. The zero-order valence-corrected chi connectivity index (χ0v) is 7.19. The number of hydrogen-bond acceptors (Lipinski definition) is 3. The van der Waals surface area contributed by atoms with Gasteiger partial charge in [0.1, 0.15) is 0 Å². The molecule has 0 saturated carbocycles. The normalized spacial score (nSPS) is 28.8. The minimum absolute atomic E-state index is 0.0211. The van der Waals surface area contributed by atoms with Crippen molar-refractivity contribution in [1.82, 2.24) is 5.06 Å². The molecule has 1 radical (unpaired) electrons. The summed E-state index contributed by atoms with van der Waals surface area (Å²) < 4.78 is 0. The topological polar surface area (TPSA) is 29.5 Å². The van der Waals surface area contributed by atoms with Gasteiger partial charge in [-0.25, -0.2) is 5.06 Å². The van der Waals surface area contributed by atoms with E-state index in [2.05, 4.69) is 6.92 Å². The molecule has 0 aromatic carbocycles. The van der Waals surface area contributed by atoms with Gasteiger partial charge >= 0.3 is 0 Å². The third-order valence-electron chi connectivity index (χ3n) is 1.98. The van der Waals surface area contributed by atoms with Crippen molar-refractivity contribution in [1.29, 1.82) is 0 Å². The van der Waals surface area contributed by atoms with Crippen molar-refractivity contribution in [2.45, 2.75) is 12.5 Å². The van der Waals surface area contributed by atoms with E-state index in [9.17, 15) is 4.79 Å². The average molecular weight is 172 g/mol. The van der Waals surface area contributed by atoms with E-state index in [4.69, 9.17) is 4.84 Å². The predicted molar refractivity (Wildman–Crippen MR) is 42.8 cm³/mol. The molecule has 0 atom stereocenters. The van der Waals surface area contributed by atoms with E-state index in [1.807, 2.05) is 11.8 Å². The van der Waals surface area contributed by atoms with Crippen LogP contribution in [0.15, 0.2) is 0 Å². The van der Waals surface area contributed by atoms with Crippen molar-refractivity contribution >= 4 is 17.7 Å². The quantitative estimate of drug-likeness (QED) is 0.576. The van der Waals surface area contributed by atoms with Crippen LogP contribution in [0.4, 0.5) is 0 Å². The molecule has 0 aromatic heterocycles. The van der Waals surface area contributed by atoms with Gasteiger partial charge in [-0.15, -0.1) is 0 Å². The Balaban J connectivity index is 2.08. The molecule has 11 heavy (non-hydrogen) atoms. The highest BCUT2D eigenvalue weighted by Gasteiger charge is 2.44. The lowest BCUT2D eigenvalue weighted by Gasteiger charge is -2.43. The number of amides is 1. The molecule has 2 aliphatic heterocycles. The van der Waals surface area contributed by atoms with Gasteiger partial charge in [-0.3, -0.25) is 9.63 Å². The summed E-state index contributed by atoms with van der Waals surface area (Å²) in [6.45, 7) is 2.50. The third kappa shape index (κ3) is 1.05. The van der Waals surface area contributed by atoms with Gasteiger partial charge in [0.05, 0.1) is 18.6 Å². The van der Waals surface area contributed by atoms with Gasteiger partial charge in [0.2, 0.25) is 0 Å². The fraction of sp³-hybridized carbons (Fsp3) is 0.714. The van der Waals surface area contributed by atoms with Gasteiger partial charge in [0.15, 0.2) is 0 Å². The summed E-state index contributed by atoms with van der Waals surface area (Å²) in [6, 6.07) is 0. The lowest BCUT2D eigenvalue weighted by Crippen LogP contribution is -2.55. The first-order valence-corrected chi connectivity index (χ1v) is 4.76. The second-order valence-corrected chi connectivity index (χ2v) is 4.11. The summed E-state index contributed by atoms with van der Waals surface area (Å²) in [4.78, 5) is 16.3. The van der Waals surface area contributed by atoms with Crippen molar-refractivity contribution in [3.8, 4) is 0 Å². The number of hydrogen-bond donors (Lipinski definition) is 0. The minimum Gasteiger partial charge on any atom is -0.272 e. The first-order chi connectivity index (χ1) is 5.22. The monoisotopic (exact) mass is 172 g/mol. The molecule has 0 bridgehead atoms. The van der Waals surface area contributed by atoms with Gasteiger partial charge in [-0.2, -0.15) is 11.8 Å². The molecule has 0 aromatic rings. The SMILES string of the molecule is CC1(N2OC[CH]C2=O)CSC1. The summed E-state index contributed by atoms with van der Waals surface area (Å²) in [6.07, 6.45) is 1.58. The lowest BCUT2D eigenvalue weighted by atomic mass is 10.1. The Morgan fingerprint density at radius 3 is 2.82 bits per heavy atom. The Bertz CT molecular complexity index is 191. The second kappa shape index (κ2) is 2.38. The number of nitrogens with zero attached hydrogens (tertiary/aromatic N) is 1. The van der Waals surface area contributed by atoms with Crippen LogP contribution >= 0.6 is 11.8 Å². The Morgan fingerprint density at radius 2 is 2.45 bits per heavy atom. The van der Waals surface area contributed by atoms with Crippen LogP contribution in [-0.4, -0.2) is 34.6 Å². The zero-order valence-electron chi connectivity index (χ0n) is 6.37. The Kier molecular flexibility index (Phi) is 1.61. The smallest absolute Gasteiger partial charge is 0.253 e. The van der Waals surface area contributed by atoms with Crippen molar-refractivity contribution < 1.29 is 9.63 Å². The number of carbonyl (C=O) groups is 1. The molecule has 2 heterocycles. The van der Waals surface area contributed by atoms with E-state index >= 15 is 0 Å². The minimum atomic E-state index is -0.0330. The van der Waals surface area contributed by atoms with E-state index in [1.54, 1.807) is 6.42 Å². The molecule has 1 amide bonds. The van der Waals surface area contributed by atoms with Crippen LogP contribution in [0, 0.1) is 6.42 Å². The Hall–Kier alpha value is -0.220. The highest BCUT2D eigenvalue weighted by Crippen LogP contribution is 2.36. The van der Waals surface area contributed by atoms with Crippen molar-refractivity contribution in [2.75, 3.05) is 18.1 Å². The summed E-state index contributed by atoms with van der Waals surface area (Å²) in [5.74, 6) is 2.01. The lowest BCUT2D eigenvalue weighted by molar-refractivity contribution is -0.186. The maximum atomic E-state index is 11.1. The van der Waals surface area contributed by atoms with Crippen LogP contribution in [0.25, 0.3) is 0 Å². The first-order valence-electron chi connectivity index (χ1n) is 3.60. The fourth-order valence-electron chi connectivity index (χ4n) is 1.27. The van der Waals surface area contributed by atoms with Crippen LogP contribution in [0.2, 0.25) is 0 Å². The van der Waals surface area contributed by atoms with Crippen molar-refractivity contribution in [3.05, 3.63) is 6.42 Å². The van der Waals surface area contributed by atoms with E-state index in [0.717, 1.165) is 11.5 Å².